The van der Waals surface area contributed by atoms with Crippen molar-refractivity contribution in [1.82, 2.24) is 9.88 Å². The van der Waals surface area contributed by atoms with Crippen LogP contribution in [-0.4, -0.2) is 41.2 Å². The van der Waals surface area contributed by atoms with Crippen LogP contribution in [0.5, 0.6) is 0 Å². The van der Waals surface area contributed by atoms with E-state index in [4.69, 9.17) is 0 Å². The van der Waals surface area contributed by atoms with Crippen LogP contribution in [0.3, 0.4) is 0 Å². The molecule has 0 unspecified atom stereocenters. The van der Waals surface area contributed by atoms with E-state index < -0.39 is 0 Å². The maximum Gasteiger partial charge on any atom is 0.0596 e. The maximum atomic E-state index is 9.89. The lowest BCUT2D eigenvalue weighted by Crippen LogP contribution is -2.42. The number of hydrogen-bond donors (Lipinski definition) is 1. The molecule has 1 N–H and O–H groups in total. The standard InChI is InChI=1S/C12H18N2O/c1-14-7-5-12(15)10(9-14)8-11-4-2-3-6-13-11/h2-4,6,10,12,15H,5,7-9H2,1H3/t10-,12-/m0/s1. The van der Waals surface area contributed by atoms with Crippen molar-refractivity contribution in [3.63, 3.8) is 0 Å². The molecular weight excluding hydrogens is 188 g/mol. The molecule has 0 bridgehead atoms. The van der Waals surface area contributed by atoms with E-state index in [-0.39, 0.29) is 6.10 Å². The summed E-state index contributed by atoms with van der Waals surface area (Å²) in [5, 5.41) is 9.89. The number of rotatable bonds is 2. The summed E-state index contributed by atoms with van der Waals surface area (Å²) < 4.78 is 0. The van der Waals surface area contributed by atoms with E-state index in [1.807, 2.05) is 24.4 Å². The van der Waals surface area contributed by atoms with Crippen LogP contribution in [0.1, 0.15) is 12.1 Å². The zero-order valence-corrected chi connectivity index (χ0v) is 9.13. The lowest BCUT2D eigenvalue weighted by molar-refractivity contribution is 0.0362. The molecule has 3 heteroatoms. The van der Waals surface area contributed by atoms with Crippen molar-refractivity contribution in [3.8, 4) is 0 Å². The van der Waals surface area contributed by atoms with Crippen LogP contribution in [0.2, 0.25) is 0 Å². The second kappa shape index (κ2) is 4.73. The van der Waals surface area contributed by atoms with Gasteiger partial charge in [0.1, 0.15) is 0 Å². The molecule has 1 aromatic rings. The number of piperidine rings is 1. The lowest BCUT2D eigenvalue weighted by Gasteiger charge is -2.33. The van der Waals surface area contributed by atoms with Crippen molar-refractivity contribution in [2.75, 3.05) is 20.1 Å². The number of aliphatic hydroxyl groups excluding tert-OH is 1. The monoisotopic (exact) mass is 206 g/mol. The third kappa shape index (κ3) is 2.76. The Morgan fingerprint density at radius 1 is 1.53 bits per heavy atom. The predicted molar refractivity (Wildman–Crippen MR) is 59.6 cm³/mol. The Labute approximate surface area is 90.8 Å². The molecule has 0 spiro atoms. The number of nitrogens with zero attached hydrogens (tertiary/aromatic N) is 2. The number of hydrogen-bond acceptors (Lipinski definition) is 3. The van der Waals surface area contributed by atoms with Crippen molar-refractivity contribution in [3.05, 3.63) is 30.1 Å². The summed E-state index contributed by atoms with van der Waals surface area (Å²) in [7, 11) is 2.11. The van der Waals surface area contributed by atoms with E-state index in [2.05, 4.69) is 16.9 Å². The van der Waals surface area contributed by atoms with Gasteiger partial charge in [-0.25, -0.2) is 0 Å². The average Bonchev–Trinajstić information content (AvgIpc) is 2.25. The van der Waals surface area contributed by atoms with Gasteiger partial charge >= 0.3 is 0 Å². The van der Waals surface area contributed by atoms with Gasteiger partial charge in [0.25, 0.3) is 0 Å². The minimum Gasteiger partial charge on any atom is -0.393 e. The highest BCUT2D eigenvalue weighted by molar-refractivity contribution is 5.05. The van der Waals surface area contributed by atoms with Crippen molar-refractivity contribution >= 4 is 0 Å². The molecule has 15 heavy (non-hydrogen) atoms. The minimum absolute atomic E-state index is 0.164. The largest absolute Gasteiger partial charge is 0.393 e. The highest BCUT2D eigenvalue weighted by Gasteiger charge is 2.26. The van der Waals surface area contributed by atoms with E-state index in [9.17, 15) is 5.11 Å². The van der Waals surface area contributed by atoms with Crippen LogP contribution in [0.15, 0.2) is 24.4 Å². The van der Waals surface area contributed by atoms with E-state index in [1.165, 1.54) is 0 Å². The second-order valence-electron chi connectivity index (χ2n) is 4.40. The lowest BCUT2D eigenvalue weighted by atomic mass is 9.90. The topological polar surface area (TPSA) is 36.4 Å². The van der Waals surface area contributed by atoms with Crippen LogP contribution in [0, 0.1) is 5.92 Å². The fourth-order valence-electron chi connectivity index (χ4n) is 2.19. The highest BCUT2D eigenvalue weighted by atomic mass is 16.3. The molecule has 0 amide bonds. The zero-order chi connectivity index (χ0) is 10.7. The molecule has 82 valence electrons. The van der Waals surface area contributed by atoms with Crippen LogP contribution in [0.25, 0.3) is 0 Å². The molecule has 0 aliphatic carbocycles. The first kappa shape index (κ1) is 10.6. The molecule has 1 saturated heterocycles. The Kier molecular flexibility index (Phi) is 3.34. The fourth-order valence-corrected chi connectivity index (χ4v) is 2.19. The Bertz CT molecular complexity index is 302. The molecule has 1 aliphatic heterocycles. The SMILES string of the molecule is CN1CC[C@H](O)[C@@H](Cc2ccccn2)C1. The van der Waals surface area contributed by atoms with Gasteiger partial charge in [-0.1, -0.05) is 6.07 Å². The van der Waals surface area contributed by atoms with Crippen LogP contribution in [-0.2, 0) is 6.42 Å². The summed E-state index contributed by atoms with van der Waals surface area (Å²) in [4.78, 5) is 6.58. The molecule has 2 atom stereocenters. The summed E-state index contributed by atoms with van der Waals surface area (Å²) in [5.41, 5.74) is 1.08. The molecule has 3 nitrogen and oxygen atoms in total. The van der Waals surface area contributed by atoms with Gasteiger partial charge in [-0.2, -0.15) is 0 Å². The van der Waals surface area contributed by atoms with E-state index in [0.717, 1.165) is 31.6 Å². The Morgan fingerprint density at radius 2 is 2.40 bits per heavy atom. The third-order valence-corrected chi connectivity index (χ3v) is 3.09. The average molecular weight is 206 g/mol. The van der Waals surface area contributed by atoms with Crippen LogP contribution >= 0.6 is 0 Å². The van der Waals surface area contributed by atoms with Gasteiger partial charge in [0.2, 0.25) is 0 Å². The van der Waals surface area contributed by atoms with Gasteiger partial charge in [-0.05, 0) is 32.0 Å². The second-order valence-corrected chi connectivity index (χ2v) is 4.40. The molecule has 1 aromatic heterocycles. The fraction of sp³-hybridized carbons (Fsp3) is 0.583. The van der Waals surface area contributed by atoms with Crippen LogP contribution < -0.4 is 0 Å². The molecule has 2 heterocycles. The third-order valence-electron chi connectivity index (χ3n) is 3.09. The molecule has 0 aromatic carbocycles. The number of aliphatic hydroxyl groups is 1. The first-order valence-electron chi connectivity index (χ1n) is 5.52. The molecule has 2 rings (SSSR count). The van der Waals surface area contributed by atoms with Gasteiger partial charge in [-0.15, -0.1) is 0 Å². The molecular formula is C12H18N2O. The molecule has 0 radical (unpaired) electrons. The minimum atomic E-state index is -0.164. The van der Waals surface area contributed by atoms with Crippen molar-refractivity contribution in [2.24, 2.45) is 5.92 Å². The summed E-state index contributed by atoms with van der Waals surface area (Å²) in [6.07, 6.45) is 3.41. The number of aromatic nitrogens is 1. The van der Waals surface area contributed by atoms with Crippen molar-refractivity contribution < 1.29 is 5.11 Å². The smallest absolute Gasteiger partial charge is 0.0596 e. The van der Waals surface area contributed by atoms with Gasteiger partial charge < -0.3 is 10.0 Å². The summed E-state index contributed by atoms with van der Waals surface area (Å²) in [5.74, 6) is 0.332. The van der Waals surface area contributed by atoms with Gasteiger partial charge in [0.05, 0.1) is 6.10 Å². The number of pyridine rings is 1. The van der Waals surface area contributed by atoms with Gasteiger partial charge in [0.15, 0.2) is 0 Å². The maximum absolute atomic E-state index is 9.89. The Hall–Kier alpha value is -0.930. The number of likely N-dealkylation sites (tertiary alicyclic amines) is 1. The summed E-state index contributed by atoms with van der Waals surface area (Å²) >= 11 is 0. The van der Waals surface area contributed by atoms with Crippen LogP contribution in [0.4, 0.5) is 0 Å². The quantitative estimate of drug-likeness (QED) is 0.782. The molecule has 1 fully saturated rings. The molecule has 0 saturated carbocycles. The Morgan fingerprint density at radius 3 is 3.13 bits per heavy atom. The summed E-state index contributed by atoms with van der Waals surface area (Å²) in [6.45, 7) is 1.97. The molecule has 1 aliphatic rings. The first-order valence-corrected chi connectivity index (χ1v) is 5.52. The zero-order valence-electron chi connectivity index (χ0n) is 9.13. The first-order chi connectivity index (χ1) is 7.25. The van der Waals surface area contributed by atoms with Gasteiger partial charge in [0, 0.05) is 30.9 Å². The normalized spacial score (nSPS) is 27.9. The Balaban J connectivity index is 1.98. The highest BCUT2D eigenvalue weighted by Crippen LogP contribution is 2.19. The van der Waals surface area contributed by atoms with E-state index in [0.29, 0.717) is 5.92 Å². The van der Waals surface area contributed by atoms with E-state index >= 15 is 0 Å². The van der Waals surface area contributed by atoms with Crippen molar-refractivity contribution in [1.29, 1.82) is 0 Å². The summed E-state index contributed by atoms with van der Waals surface area (Å²) in [6, 6.07) is 5.95. The van der Waals surface area contributed by atoms with Gasteiger partial charge in [-0.3, -0.25) is 4.98 Å². The van der Waals surface area contributed by atoms with E-state index in [1.54, 1.807) is 0 Å². The van der Waals surface area contributed by atoms with Crippen molar-refractivity contribution in [2.45, 2.75) is 18.9 Å². The predicted octanol–water partition coefficient (Wildman–Crippen LogP) is 0.937.